The molecule has 0 saturated carbocycles. The van der Waals surface area contributed by atoms with Crippen molar-refractivity contribution < 1.29 is 9.47 Å². The Hall–Kier alpha value is -0.160. The lowest BCUT2D eigenvalue weighted by atomic mass is 10.0. The van der Waals surface area contributed by atoms with E-state index in [0.29, 0.717) is 12.1 Å². The number of hydrogen-bond acceptors (Lipinski definition) is 4. The molecule has 0 unspecified atom stereocenters. The van der Waals surface area contributed by atoms with E-state index in [1.807, 2.05) is 13.8 Å². The fourth-order valence-electron chi connectivity index (χ4n) is 2.54. The van der Waals surface area contributed by atoms with Crippen LogP contribution in [0.15, 0.2) is 0 Å². The molecule has 2 aliphatic heterocycles. The summed E-state index contributed by atoms with van der Waals surface area (Å²) in [6, 6.07) is 0.998. The van der Waals surface area contributed by atoms with Gasteiger partial charge in [0, 0.05) is 6.04 Å². The summed E-state index contributed by atoms with van der Waals surface area (Å²) in [6.07, 6.45) is 2.49. The molecule has 0 aliphatic carbocycles. The Kier molecular flexibility index (Phi) is 4.42. The van der Waals surface area contributed by atoms with Gasteiger partial charge in [0.05, 0.1) is 19.3 Å². The van der Waals surface area contributed by atoms with E-state index in [1.165, 1.54) is 32.5 Å². The Labute approximate surface area is 105 Å². The Morgan fingerprint density at radius 1 is 1.12 bits per heavy atom. The molecule has 0 bridgehead atoms. The van der Waals surface area contributed by atoms with Gasteiger partial charge in [-0.15, -0.1) is 0 Å². The Balaban J connectivity index is 1.69. The zero-order valence-corrected chi connectivity index (χ0v) is 11.4. The summed E-state index contributed by atoms with van der Waals surface area (Å²) in [5.41, 5.74) is 0. The highest BCUT2D eigenvalue weighted by atomic mass is 16.7. The highest BCUT2D eigenvalue weighted by Gasteiger charge is 2.30. The molecule has 0 radical (unpaired) electrons. The van der Waals surface area contributed by atoms with Crippen molar-refractivity contribution in [3.8, 4) is 0 Å². The number of piperidine rings is 1. The SMILES string of the molecule is CCN1CCC(NC2COC(C)(C)OC2)CC1. The van der Waals surface area contributed by atoms with Gasteiger partial charge < -0.3 is 19.7 Å². The summed E-state index contributed by atoms with van der Waals surface area (Å²) in [5.74, 6) is -0.399. The Morgan fingerprint density at radius 3 is 2.24 bits per heavy atom. The summed E-state index contributed by atoms with van der Waals surface area (Å²) in [6.45, 7) is 11.3. The second-order valence-electron chi connectivity index (χ2n) is 5.59. The van der Waals surface area contributed by atoms with E-state index in [9.17, 15) is 0 Å². The van der Waals surface area contributed by atoms with Crippen LogP contribution in [0.1, 0.15) is 33.6 Å². The van der Waals surface area contributed by atoms with Gasteiger partial charge in [-0.2, -0.15) is 0 Å². The first-order valence-corrected chi connectivity index (χ1v) is 6.85. The zero-order valence-electron chi connectivity index (χ0n) is 11.4. The monoisotopic (exact) mass is 242 g/mol. The average molecular weight is 242 g/mol. The molecule has 2 rings (SSSR count). The number of likely N-dealkylation sites (tertiary alicyclic amines) is 1. The molecule has 2 fully saturated rings. The molecule has 100 valence electrons. The third-order valence-electron chi connectivity index (χ3n) is 3.77. The number of ether oxygens (including phenoxy) is 2. The largest absolute Gasteiger partial charge is 0.349 e. The lowest BCUT2D eigenvalue weighted by Crippen LogP contribution is -2.53. The van der Waals surface area contributed by atoms with Crippen molar-refractivity contribution in [3.05, 3.63) is 0 Å². The van der Waals surface area contributed by atoms with Crippen LogP contribution in [0.4, 0.5) is 0 Å². The van der Waals surface area contributed by atoms with Crippen molar-refractivity contribution >= 4 is 0 Å². The van der Waals surface area contributed by atoms with Crippen molar-refractivity contribution in [1.82, 2.24) is 10.2 Å². The Bertz CT molecular complexity index is 228. The van der Waals surface area contributed by atoms with Gasteiger partial charge in [0.15, 0.2) is 5.79 Å². The van der Waals surface area contributed by atoms with E-state index in [4.69, 9.17) is 9.47 Å². The molecule has 0 aromatic heterocycles. The highest BCUT2D eigenvalue weighted by Crippen LogP contribution is 2.18. The summed E-state index contributed by atoms with van der Waals surface area (Å²) in [5, 5.41) is 3.66. The molecule has 0 amide bonds. The number of rotatable bonds is 3. The summed E-state index contributed by atoms with van der Waals surface area (Å²) >= 11 is 0. The van der Waals surface area contributed by atoms with E-state index < -0.39 is 5.79 Å². The van der Waals surface area contributed by atoms with Crippen molar-refractivity contribution in [2.75, 3.05) is 32.8 Å². The summed E-state index contributed by atoms with van der Waals surface area (Å²) in [7, 11) is 0. The lowest BCUT2D eigenvalue weighted by molar-refractivity contribution is -0.253. The molecular weight excluding hydrogens is 216 g/mol. The van der Waals surface area contributed by atoms with E-state index in [-0.39, 0.29) is 0 Å². The summed E-state index contributed by atoms with van der Waals surface area (Å²) < 4.78 is 11.3. The lowest BCUT2D eigenvalue weighted by Gasteiger charge is -2.39. The molecule has 1 N–H and O–H groups in total. The predicted molar refractivity (Wildman–Crippen MR) is 68.0 cm³/mol. The second-order valence-corrected chi connectivity index (χ2v) is 5.59. The minimum atomic E-state index is -0.399. The normalized spacial score (nSPS) is 28.4. The maximum absolute atomic E-state index is 5.67. The predicted octanol–water partition coefficient (Wildman–Crippen LogP) is 1.21. The van der Waals surface area contributed by atoms with Crippen LogP contribution in [0, 0.1) is 0 Å². The minimum absolute atomic E-state index is 0.362. The molecule has 0 spiro atoms. The number of hydrogen-bond donors (Lipinski definition) is 1. The molecule has 0 aromatic rings. The summed E-state index contributed by atoms with van der Waals surface area (Å²) in [4.78, 5) is 2.51. The zero-order chi connectivity index (χ0) is 12.3. The van der Waals surface area contributed by atoms with Gasteiger partial charge in [0.1, 0.15) is 0 Å². The maximum Gasteiger partial charge on any atom is 0.162 e. The van der Waals surface area contributed by atoms with Crippen LogP contribution in [0.3, 0.4) is 0 Å². The number of nitrogens with zero attached hydrogens (tertiary/aromatic N) is 1. The van der Waals surface area contributed by atoms with Gasteiger partial charge in [0.2, 0.25) is 0 Å². The van der Waals surface area contributed by atoms with Gasteiger partial charge >= 0.3 is 0 Å². The second kappa shape index (κ2) is 5.65. The van der Waals surface area contributed by atoms with Crippen molar-refractivity contribution in [2.45, 2.75) is 51.5 Å². The first-order chi connectivity index (χ1) is 8.09. The van der Waals surface area contributed by atoms with E-state index in [0.717, 1.165) is 13.2 Å². The van der Waals surface area contributed by atoms with Crippen LogP contribution in [-0.2, 0) is 9.47 Å². The third kappa shape index (κ3) is 3.91. The molecule has 2 aliphatic rings. The topological polar surface area (TPSA) is 33.7 Å². The van der Waals surface area contributed by atoms with Crippen molar-refractivity contribution in [1.29, 1.82) is 0 Å². The van der Waals surface area contributed by atoms with Crippen LogP contribution in [0.5, 0.6) is 0 Å². The molecule has 0 atom stereocenters. The molecule has 2 saturated heterocycles. The van der Waals surface area contributed by atoms with E-state index >= 15 is 0 Å². The third-order valence-corrected chi connectivity index (χ3v) is 3.77. The van der Waals surface area contributed by atoms with Crippen LogP contribution in [0.2, 0.25) is 0 Å². The van der Waals surface area contributed by atoms with Gasteiger partial charge in [0.25, 0.3) is 0 Å². The number of nitrogens with one attached hydrogen (secondary N) is 1. The van der Waals surface area contributed by atoms with Gasteiger partial charge in [-0.05, 0) is 46.3 Å². The quantitative estimate of drug-likeness (QED) is 0.806. The molecule has 0 aromatic carbocycles. The standard InChI is InChI=1S/C13H26N2O2/c1-4-15-7-5-11(6-8-15)14-12-9-16-13(2,3)17-10-12/h11-12,14H,4-10H2,1-3H3. The molecule has 4 nitrogen and oxygen atoms in total. The first-order valence-electron chi connectivity index (χ1n) is 6.85. The van der Waals surface area contributed by atoms with Gasteiger partial charge in [-0.25, -0.2) is 0 Å². The van der Waals surface area contributed by atoms with Crippen LogP contribution in [-0.4, -0.2) is 55.6 Å². The Morgan fingerprint density at radius 2 is 1.71 bits per heavy atom. The van der Waals surface area contributed by atoms with Crippen molar-refractivity contribution in [2.24, 2.45) is 0 Å². The van der Waals surface area contributed by atoms with Crippen LogP contribution >= 0.6 is 0 Å². The van der Waals surface area contributed by atoms with E-state index in [1.54, 1.807) is 0 Å². The van der Waals surface area contributed by atoms with Crippen molar-refractivity contribution in [3.63, 3.8) is 0 Å². The maximum atomic E-state index is 5.67. The minimum Gasteiger partial charge on any atom is -0.349 e. The molecule has 17 heavy (non-hydrogen) atoms. The highest BCUT2D eigenvalue weighted by molar-refractivity contribution is 4.82. The fourth-order valence-corrected chi connectivity index (χ4v) is 2.54. The first kappa shape index (κ1) is 13.3. The van der Waals surface area contributed by atoms with E-state index in [2.05, 4.69) is 17.1 Å². The molecule has 4 heteroatoms. The smallest absolute Gasteiger partial charge is 0.162 e. The average Bonchev–Trinajstić information content (AvgIpc) is 2.33. The van der Waals surface area contributed by atoms with Gasteiger partial charge in [-0.3, -0.25) is 0 Å². The molecular formula is C13H26N2O2. The fraction of sp³-hybridized carbons (Fsp3) is 1.00. The molecule has 2 heterocycles. The van der Waals surface area contributed by atoms with Gasteiger partial charge in [-0.1, -0.05) is 6.92 Å². The van der Waals surface area contributed by atoms with Crippen LogP contribution < -0.4 is 5.32 Å². The van der Waals surface area contributed by atoms with Crippen LogP contribution in [0.25, 0.3) is 0 Å².